The molecule has 0 amide bonds. The second-order valence-corrected chi connectivity index (χ2v) is 7.10. The van der Waals surface area contributed by atoms with E-state index in [2.05, 4.69) is 23.4 Å². The van der Waals surface area contributed by atoms with Crippen molar-refractivity contribution < 1.29 is 4.79 Å². The molecule has 1 rings (SSSR count). The van der Waals surface area contributed by atoms with Crippen LogP contribution >= 0.6 is 0 Å². The Hall–Kier alpha value is -0.410. The highest BCUT2D eigenvalue weighted by Gasteiger charge is 2.19. The van der Waals surface area contributed by atoms with Gasteiger partial charge in [-0.05, 0) is 6.42 Å². The lowest BCUT2D eigenvalue weighted by Crippen LogP contribution is -2.49. The first-order valence-electron chi connectivity index (χ1n) is 10.2. The molecular formula is C20H39N2O. The summed E-state index contributed by atoms with van der Waals surface area (Å²) < 4.78 is 0. The van der Waals surface area contributed by atoms with E-state index in [-0.39, 0.29) is 6.04 Å². The quantitative estimate of drug-likeness (QED) is 0.452. The van der Waals surface area contributed by atoms with Gasteiger partial charge in [-0.3, -0.25) is 9.69 Å². The van der Waals surface area contributed by atoms with Crippen LogP contribution in [0.4, 0.5) is 0 Å². The molecule has 0 aromatic carbocycles. The van der Waals surface area contributed by atoms with Crippen molar-refractivity contribution in [1.29, 1.82) is 0 Å². The number of nitrogens with one attached hydrogen (secondary N) is 1. The van der Waals surface area contributed by atoms with E-state index in [0.29, 0.717) is 0 Å². The Morgan fingerprint density at radius 1 is 0.826 bits per heavy atom. The molecule has 1 atom stereocenters. The Labute approximate surface area is 144 Å². The third kappa shape index (κ3) is 10.9. The fourth-order valence-corrected chi connectivity index (χ4v) is 3.49. The van der Waals surface area contributed by atoms with E-state index in [1.165, 1.54) is 77.0 Å². The third-order valence-corrected chi connectivity index (χ3v) is 5.06. The van der Waals surface area contributed by atoms with Crippen LogP contribution < -0.4 is 5.32 Å². The Balaban J connectivity index is 1.85. The van der Waals surface area contributed by atoms with E-state index in [1.54, 1.807) is 0 Å². The van der Waals surface area contributed by atoms with Crippen LogP contribution in [0.15, 0.2) is 0 Å². The first-order valence-corrected chi connectivity index (χ1v) is 10.2. The number of hydrogen-bond acceptors (Lipinski definition) is 3. The largest absolute Gasteiger partial charge is 0.314 e. The zero-order chi connectivity index (χ0) is 16.6. The fraction of sp³-hybridized carbons (Fsp3) is 0.950. The normalized spacial score (nSPS) is 17.3. The summed E-state index contributed by atoms with van der Waals surface area (Å²) in [6.45, 7) is 6.29. The van der Waals surface area contributed by atoms with E-state index in [9.17, 15) is 4.79 Å². The molecule has 0 aromatic heterocycles. The van der Waals surface area contributed by atoms with Crippen molar-refractivity contribution in [2.75, 3.05) is 26.2 Å². The highest BCUT2D eigenvalue weighted by molar-refractivity contribution is 5.58. The fourth-order valence-electron chi connectivity index (χ4n) is 3.49. The average Bonchev–Trinajstić information content (AvgIpc) is 2.60. The van der Waals surface area contributed by atoms with E-state index < -0.39 is 0 Å². The van der Waals surface area contributed by atoms with Gasteiger partial charge in [-0.15, -0.1) is 0 Å². The van der Waals surface area contributed by atoms with Crippen molar-refractivity contribution in [2.45, 2.75) is 96.4 Å². The van der Waals surface area contributed by atoms with E-state index in [0.717, 1.165) is 32.6 Å². The minimum atomic E-state index is 0.0419. The molecule has 1 saturated heterocycles. The molecule has 3 nitrogen and oxygen atoms in total. The summed E-state index contributed by atoms with van der Waals surface area (Å²) in [4.78, 5) is 13.4. The van der Waals surface area contributed by atoms with Crippen LogP contribution in [-0.2, 0) is 4.79 Å². The molecule has 1 aliphatic heterocycles. The zero-order valence-electron chi connectivity index (χ0n) is 15.5. The van der Waals surface area contributed by atoms with Gasteiger partial charge in [-0.25, -0.2) is 0 Å². The topological polar surface area (TPSA) is 32.3 Å². The van der Waals surface area contributed by atoms with E-state index >= 15 is 0 Å². The monoisotopic (exact) mass is 323 g/mol. The van der Waals surface area contributed by atoms with Gasteiger partial charge in [0.1, 0.15) is 0 Å². The van der Waals surface area contributed by atoms with Gasteiger partial charge < -0.3 is 5.32 Å². The molecule has 1 radical (unpaired) electrons. The van der Waals surface area contributed by atoms with Crippen LogP contribution in [0.1, 0.15) is 90.4 Å². The molecule has 0 aromatic rings. The minimum Gasteiger partial charge on any atom is -0.314 e. The number of nitrogens with zero attached hydrogens (tertiary/aromatic N) is 1. The van der Waals surface area contributed by atoms with Gasteiger partial charge in [-0.2, -0.15) is 0 Å². The molecule has 0 aliphatic carbocycles. The van der Waals surface area contributed by atoms with Crippen LogP contribution in [0, 0.1) is 0 Å². The Bertz CT molecular complexity index is 264. The molecule has 1 heterocycles. The second-order valence-electron chi connectivity index (χ2n) is 7.10. The summed E-state index contributed by atoms with van der Waals surface area (Å²) in [5.74, 6) is 0. The van der Waals surface area contributed by atoms with Gasteiger partial charge in [0.25, 0.3) is 0 Å². The molecule has 23 heavy (non-hydrogen) atoms. The van der Waals surface area contributed by atoms with Crippen molar-refractivity contribution in [1.82, 2.24) is 10.2 Å². The maximum absolute atomic E-state index is 11.1. The lowest BCUT2D eigenvalue weighted by molar-refractivity contribution is 0.199. The molecule has 3 heteroatoms. The van der Waals surface area contributed by atoms with Gasteiger partial charge in [0.2, 0.25) is 6.29 Å². The van der Waals surface area contributed by atoms with Crippen LogP contribution in [-0.4, -0.2) is 43.4 Å². The lowest BCUT2D eigenvalue weighted by Gasteiger charge is -2.31. The first kappa shape index (κ1) is 20.6. The predicted octanol–water partition coefficient (Wildman–Crippen LogP) is 4.46. The smallest absolute Gasteiger partial charge is 0.217 e. The van der Waals surface area contributed by atoms with Crippen molar-refractivity contribution in [3.05, 3.63) is 0 Å². The van der Waals surface area contributed by atoms with Gasteiger partial charge in [0.15, 0.2) is 0 Å². The Morgan fingerprint density at radius 2 is 1.30 bits per heavy atom. The van der Waals surface area contributed by atoms with Crippen LogP contribution in [0.3, 0.4) is 0 Å². The van der Waals surface area contributed by atoms with Crippen molar-refractivity contribution >= 4 is 6.29 Å². The summed E-state index contributed by atoms with van der Waals surface area (Å²) in [6, 6.07) is 0.0419. The molecule has 0 bridgehead atoms. The first-order chi connectivity index (χ1) is 11.4. The lowest BCUT2D eigenvalue weighted by atomic mass is 10.0. The number of carbonyl (C=O) groups excluding carboxylic acids is 1. The maximum atomic E-state index is 11.1. The van der Waals surface area contributed by atoms with Gasteiger partial charge in [0, 0.05) is 26.2 Å². The highest BCUT2D eigenvalue weighted by Crippen LogP contribution is 2.14. The van der Waals surface area contributed by atoms with Gasteiger partial charge in [-0.1, -0.05) is 84.0 Å². The number of piperazine rings is 1. The molecule has 0 saturated carbocycles. The third-order valence-electron chi connectivity index (χ3n) is 5.06. The molecule has 135 valence electrons. The highest BCUT2D eigenvalue weighted by atomic mass is 16.1. The summed E-state index contributed by atoms with van der Waals surface area (Å²) in [5, 5.41) is 3.34. The van der Waals surface area contributed by atoms with Gasteiger partial charge >= 0.3 is 0 Å². The van der Waals surface area contributed by atoms with Crippen molar-refractivity contribution in [2.24, 2.45) is 0 Å². The van der Waals surface area contributed by atoms with Crippen molar-refractivity contribution in [3.63, 3.8) is 0 Å². The van der Waals surface area contributed by atoms with Crippen LogP contribution in [0.2, 0.25) is 0 Å². The molecule has 1 N–H and O–H groups in total. The molecular weight excluding hydrogens is 284 g/mol. The molecule has 1 aliphatic rings. The van der Waals surface area contributed by atoms with Crippen LogP contribution in [0.25, 0.3) is 0 Å². The Kier molecular flexibility index (Phi) is 13.6. The minimum absolute atomic E-state index is 0.0419. The van der Waals surface area contributed by atoms with Crippen molar-refractivity contribution in [3.8, 4) is 0 Å². The second kappa shape index (κ2) is 15.1. The molecule has 1 fully saturated rings. The van der Waals surface area contributed by atoms with E-state index in [4.69, 9.17) is 0 Å². The molecule has 1 unspecified atom stereocenters. The molecule has 0 spiro atoms. The standard InChI is InChI=1S/C20H39N2O/c1-2-3-4-5-6-7-8-9-10-11-12-13-14-20(19-23)22-17-15-21-16-18-22/h20-21H,2-18H2,1H3. The zero-order valence-corrected chi connectivity index (χ0v) is 15.5. The number of hydrogen-bond donors (Lipinski definition) is 1. The van der Waals surface area contributed by atoms with E-state index in [1.807, 2.05) is 0 Å². The number of unbranched alkanes of at least 4 members (excludes halogenated alkanes) is 11. The van der Waals surface area contributed by atoms with Gasteiger partial charge in [0.05, 0.1) is 6.04 Å². The SMILES string of the molecule is CCCCCCCCCCCCCCC([C]=O)N1CCNCC1. The average molecular weight is 324 g/mol. The summed E-state index contributed by atoms with van der Waals surface area (Å²) in [5.41, 5.74) is 0. The predicted molar refractivity (Wildman–Crippen MR) is 99.6 cm³/mol. The maximum Gasteiger partial charge on any atom is 0.217 e. The summed E-state index contributed by atoms with van der Waals surface area (Å²) in [7, 11) is 0. The van der Waals surface area contributed by atoms with Crippen LogP contribution in [0.5, 0.6) is 0 Å². The number of rotatable bonds is 15. The summed E-state index contributed by atoms with van der Waals surface area (Å²) in [6.07, 6.45) is 19.7. The summed E-state index contributed by atoms with van der Waals surface area (Å²) >= 11 is 0. The Morgan fingerprint density at radius 3 is 1.78 bits per heavy atom.